The highest BCUT2D eigenvalue weighted by molar-refractivity contribution is 5.91. The van der Waals surface area contributed by atoms with Gasteiger partial charge in [-0.25, -0.2) is 4.68 Å². The summed E-state index contributed by atoms with van der Waals surface area (Å²) in [4.78, 5) is 15.5. The maximum atomic E-state index is 12.7. The second-order valence-electron chi connectivity index (χ2n) is 9.06. The summed E-state index contributed by atoms with van der Waals surface area (Å²) in [7, 11) is 0. The normalized spacial score (nSPS) is 18.8. The third-order valence-corrected chi connectivity index (χ3v) is 6.69. The van der Waals surface area contributed by atoms with Crippen molar-refractivity contribution in [1.82, 2.24) is 29.8 Å². The molecule has 9 heteroatoms. The van der Waals surface area contributed by atoms with Crippen LogP contribution in [0.1, 0.15) is 51.1 Å². The molecular weight excluding hydrogens is 416 g/mol. The number of aromatic nitrogens is 6. The van der Waals surface area contributed by atoms with Gasteiger partial charge in [-0.05, 0) is 50.5 Å². The molecule has 1 aliphatic carbocycles. The van der Waals surface area contributed by atoms with Crippen LogP contribution in [0, 0.1) is 17.2 Å². The van der Waals surface area contributed by atoms with Crippen LogP contribution in [0.3, 0.4) is 0 Å². The number of nitriles is 1. The molecule has 0 amide bonds. The van der Waals surface area contributed by atoms with E-state index in [4.69, 9.17) is 5.10 Å². The third-order valence-electron chi connectivity index (χ3n) is 6.69. The predicted octanol–water partition coefficient (Wildman–Crippen LogP) is 4.10. The predicted molar refractivity (Wildman–Crippen MR) is 125 cm³/mol. The minimum Gasteiger partial charge on any atom is -0.338 e. The van der Waals surface area contributed by atoms with E-state index in [0.717, 1.165) is 42.5 Å². The zero-order valence-corrected chi connectivity index (χ0v) is 18.7. The van der Waals surface area contributed by atoms with Crippen molar-refractivity contribution in [2.75, 3.05) is 5.32 Å². The standard InChI is InChI=1S/C24H26N8O/c1-24(2,31-14-13-27-30-31)17-7-9-18(10-8-17)28-22-21-20(11-12-26-23(21)33)32(29-22)19-6-4-3-5-16(19)15-25/h7-14,16,19H,3-6H2,1-2H3,(H,26,33)(H,28,29). The van der Waals surface area contributed by atoms with Crippen LogP contribution in [0.5, 0.6) is 0 Å². The summed E-state index contributed by atoms with van der Waals surface area (Å²) in [5, 5.41) is 26.3. The summed E-state index contributed by atoms with van der Waals surface area (Å²) in [5.74, 6) is 0.393. The number of hydrogen-bond donors (Lipinski definition) is 2. The number of anilines is 2. The second kappa shape index (κ2) is 8.20. The van der Waals surface area contributed by atoms with Crippen molar-refractivity contribution >= 4 is 22.4 Å². The number of nitrogens with zero attached hydrogens (tertiary/aromatic N) is 6. The van der Waals surface area contributed by atoms with E-state index in [-0.39, 0.29) is 23.1 Å². The minimum absolute atomic E-state index is 0.0329. The molecule has 3 aromatic heterocycles. The first kappa shape index (κ1) is 20.9. The van der Waals surface area contributed by atoms with Crippen LogP contribution in [-0.2, 0) is 5.54 Å². The topological polar surface area (TPSA) is 117 Å². The molecule has 1 fully saturated rings. The first-order valence-corrected chi connectivity index (χ1v) is 11.2. The van der Waals surface area contributed by atoms with Crippen molar-refractivity contribution in [3.63, 3.8) is 0 Å². The van der Waals surface area contributed by atoms with Crippen LogP contribution >= 0.6 is 0 Å². The third kappa shape index (κ3) is 3.67. The summed E-state index contributed by atoms with van der Waals surface area (Å²) in [5.41, 5.74) is 2.09. The second-order valence-corrected chi connectivity index (χ2v) is 9.06. The van der Waals surface area contributed by atoms with E-state index in [1.165, 1.54) is 0 Å². The molecule has 0 radical (unpaired) electrons. The van der Waals surface area contributed by atoms with Crippen molar-refractivity contribution in [3.8, 4) is 6.07 Å². The van der Waals surface area contributed by atoms with Gasteiger partial charge in [0, 0.05) is 18.1 Å². The average Bonchev–Trinajstić information content (AvgIpc) is 3.49. The minimum atomic E-state index is -0.353. The van der Waals surface area contributed by atoms with Crippen LogP contribution in [0.4, 0.5) is 11.5 Å². The van der Waals surface area contributed by atoms with Crippen molar-refractivity contribution in [2.24, 2.45) is 5.92 Å². The molecule has 33 heavy (non-hydrogen) atoms. The molecule has 0 aliphatic heterocycles. The highest BCUT2D eigenvalue weighted by Gasteiger charge is 2.30. The molecule has 0 spiro atoms. The van der Waals surface area contributed by atoms with Gasteiger partial charge < -0.3 is 10.3 Å². The highest BCUT2D eigenvalue weighted by atomic mass is 16.1. The van der Waals surface area contributed by atoms with Gasteiger partial charge in [0.2, 0.25) is 0 Å². The van der Waals surface area contributed by atoms with Gasteiger partial charge in [-0.15, -0.1) is 5.10 Å². The molecule has 2 atom stereocenters. The van der Waals surface area contributed by atoms with Gasteiger partial charge in [-0.3, -0.25) is 9.48 Å². The Morgan fingerprint density at radius 2 is 1.97 bits per heavy atom. The van der Waals surface area contributed by atoms with Crippen molar-refractivity contribution in [2.45, 2.75) is 51.1 Å². The molecule has 1 saturated carbocycles. The fourth-order valence-corrected chi connectivity index (χ4v) is 4.73. The molecule has 168 valence electrons. The molecule has 9 nitrogen and oxygen atoms in total. The smallest absolute Gasteiger partial charge is 0.261 e. The van der Waals surface area contributed by atoms with Crippen LogP contribution in [0.2, 0.25) is 0 Å². The molecule has 1 aliphatic rings. The Balaban J connectivity index is 1.50. The molecule has 3 heterocycles. The lowest BCUT2D eigenvalue weighted by molar-refractivity contribution is 0.277. The van der Waals surface area contributed by atoms with Gasteiger partial charge in [0.1, 0.15) is 5.39 Å². The fourth-order valence-electron chi connectivity index (χ4n) is 4.73. The first-order valence-electron chi connectivity index (χ1n) is 11.2. The number of benzene rings is 1. The monoisotopic (exact) mass is 442 g/mol. The zero-order chi connectivity index (χ0) is 23.0. The quantitative estimate of drug-likeness (QED) is 0.481. The zero-order valence-electron chi connectivity index (χ0n) is 18.7. The molecule has 4 aromatic rings. The Labute approximate surface area is 191 Å². The van der Waals surface area contributed by atoms with E-state index < -0.39 is 0 Å². The molecule has 5 rings (SSSR count). The Morgan fingerprint density at radius 3 is 2.70 bits per heavy atom. The van der Waals surface area contributed by atoms with E-state index in [0.29, 0.717) is 11.2 Å². The largest absolute Gasteiger partial charge is 0.338 e. The molecule has 2 N–H and O–H groups in total. The Bertz CT molecular complexity index is 1360. The van der Waals surface area contributed by atoms with Crippen molar-refractivity contribution in [1.29, 1.82) is 5.26 Å². The lowest BCUT2D eigenvalue weighted by atomic mass is 9.85. The average molecular weight is 443 g/mol. The number of nitrogens with one attached hydrogen (secondary N) is 2. The van der Waals surface area contributed by atoms with Crippen molar-refractivity contribution in [3.05, 3.63) is 64.8 Å². The Kier molecular flexibility index (Phi) is 5.21. The SMILES string of the molecule is CC(C)(c1ccc(Nc2nn(C3CCCCC3C#N)c3cc[nH]c(=O)c23)cc1)n1ccnn1. The Morgan fingerprint density at radius 1 is 1.18 bits per heavy atom. The molecular formula is C24H26N8O. The summed E-state index contributed by atoms with van der Waals surface area (Å²) in [6, 6.07) is 12.3. The number of fused-ring (bicyclic) bond motifs is 1. The molecule has 0 saturated heterocycles. The van der Waals surface area contributed by atoms with E-state index in [1.54, 1.807) is 12.4 Å². The maximum absolute atomic E-state index is 12.7. The summed E-state index contributed by atoms with van der Waals surface area (Å²) in [6.45, 7) is 4.16. The number of rotatable bonds is 5. The number of pyridine rings is 1. The summed E-state index contributed by atoms with van der Waals surface area (Å²) in [6.07, 6.45) is 9.00. The van der Waals surface area contributed by atoms with Crippen LogP contribution in [-0.4, -0.2) is 29.8 Å². The lowest BCUT2D eigenvalue weighted by Gasteiger charge is -2.27. The number of hydrogen-bond acceptors (Lipinski definition) is 6. The van der Waals surface area contributed by atoms with E-state index >= 15 is 0 Å². The van der Waals surface area contributed by atoms with Gasteiger partial charge in [-0.1, -0.05) is 30.2 Å². The fraction of sp³-hybridized carbons (Fsp3) is 0.375. The van der Waals surface area contributed by atoms with Crippen LogP contribution in [0.15, 0.2) is 53.7 Å². The van der Waals surface area contributed by atoms with Crippen molar-refractivity contribution < 1.29 is 0 Å². The Hall–Kier alpha value is -3.93. The highest BCUT2D eigenvalue weighted by Crippen LogP contribution is 2.36. The summed E-state index contributed by atoms with van der Waals surface area (Å²) >= 11 is 0. The number of H-pyrrole nitrogens is 1. The van der Waals surface area contributed by atoms with Gasteiger partial charge in [0.25, 0.3) is 5.56 Å². The maximum Gasteiger partial charge on any atom is 0.261 e. The van der Waals surface area contributed by atoms with Gasteiger partial charge in [-0.2, -0.15) is 10.4 Å². The molecule has 2 unspecified atom stereocenters. The van der Waals surface area contributed by atoms with Gasteiger partial charge >= 0.3 is 0 Å². The van der Waals surface area contributed by atoms with E-state index in [9.17, 15) is 10.1 Å². The molecule has 1 aromatic carbocycles. The number of aromatic amines is 1. The van der Waals surface area contributed by atoms with Gasteiger partial charge in [0.15, 0.2) is 5.82 Å². The summed E-state index contributed by atoms with van der Waals surface area (Å²) < 4.78 is 3.70. The van der Waals surface area contributed by atoms with Crippen LogP contribution in [0.25, 0.3) is 10.9 Å². The van der Waals surface area contributed by atoms with E-state index in [1.807, 2.05) is 45.9 Å². The molecule has 0 bridgehead atoms. The van der Waals surface area contributed by atoms with E-state index in [2.05, 4.69) is 40.5 Å². The van der Waals surface area contributed by atoms with Gasteiger partial charge in [0.05, 0.1) is 35.3 Å². The lowest BCUT2D eigenvalue weighted by Crippen LogP contribution is -2.28. The first-order chi connectivity index (χ1) is 16.0. The van der Waals surface area contributed by atoms with Crippen LogP contribution < -0.4 is 10.9 Å².